The van der Waals surface area contributed by atoms with E-state index in [9.17, 15) is 18.0 Å². The first-order valence-corrected chi connectivity index (χ1v) is 8.63. The lowest BCUT2D eigenvalue weighted by Crippen LogP contribution is -2.38. The summed E-state index contributed by atoms with van der Waals surface area (Å²) >= 11 is 0. The van der Waals surface area contributed by atoms with Crippen molar-refractivity contribution in [2.45, 2.75) is 17.7 Å². The van der Waals surface area contributed by atoms with Crippen LogP contribution in [0.15, 0.2) is 29.2 Å². The van der Waals surface area contributed by atoms with Gasteiger partial charge in [-0.1, -0.05) is 6.07 Å². The van der Waals surface area contributed by atoms with Crippen molar-refractivity contribution in [3.63, 3.8) is 0 Å². The van der Waals surface area contributed by atoms with Crippen LogP contribution in [0.3, 0.4) is 0 Å². The molecule has 1 aliphatic rings. The normalized spacial score (nSPS) is 15.0. The molecule has 0 atom stereocenters. The smallest absolute Gasteiger partial charge is 0.251 e. The van der Waals surface area contributed by atoms with E-state index in [1.54, 1.807) is 4.90 Å². The quantitative estimate of drug-likeness (QED) is 0.875. The van der Waals surface area contributed by atoms with Gasteiger partial charge in [-0.05, 0) is 31.0 Å². The van der Waals surface area contributed by atoms with Crippen LogP contribution < -0.4 is 5.32 Å². The highest BCUT2D eigenvalue weighted by molar-refractivity contribution is 7.90. The Kier molecular flexibility index (Phi) is 4.62. The number of rotatable bonds is 4. The largest absolute Gasteiger partial charge is 0.343 e. The molecular weight excluding hydrogens is 292 g/mol. The lowest BCUT2D eigenvalue weighted by atomic mass is 10.2. The molecule has 0 saturated carbocycles. The number of carbonyl (C=O) groups is 2. The molecule has 0 spiro atoms. The summed E-state index contributed by atoms with van der Waals surface area (Å²) < 4.78 is 22.9. The fraction of sp³-hybridized carbons (Fsp3) is 0.429. The second-order valence-electron chi connectivity index (χ2n) is 5.07. The lowest BCUT2D eigenvalue weighted by Gasteiger charge is -2.15. The molecule has 2 rings (SSSR count). The van der Waals surface area contributed by atoms with E-state index in [1.807, 2.05) is 0 Å². The molecule has 0 aliphatic carbocycles. The summed E-state index contributed by atoms with van der Waals surface area (Å²) in [6.45, 7) is 1.40. The van der Waals surface area contributed by atoms with E-state index >= 15 is 0 Å². The van der Waals surface area contributed by atoms with Crippen LogP contribution in [0.4, 0.5) is 0 Å². The van der Waals surface area contributed by atoms with Crippen molar-refractivity contribution in [3.8, 4) is 0 Å². The van der Waals surface area contributed by atoms with Gasteiger partial charge >= 0.3 is 0 Å². The number of nitrogens with zero attached hydrogens (tertiary/aromatic N) is 1. The monoisotopic (exact) mass is 310 g/mol. The Hall–Kier alpha value is -1.89. The van der Waals surface area contributed by atoms with Gasteiger partial charge < -0.3 is 10.2 Å². The van der Waals surface area contributed by atoms with Crippen LogP contribution in [0.25, 0.3) is 0 Å². The fourth-order valence-corrected chi connectivity index (χ4v) is 2.87. The molecule has 1 saturated heterocycles. The van der Waals surface area contributed by atoms with Crippen molar-refractivity contribution >= 4 is 21.7 Å². The van der Waals surface area contributed by atoms with Crippen LogP contribution in [0, 0.1) is 0 Å². The Balaban J connectivity index is 1.99. The number of hydrogen-bond donors (Lipinski definition) is 1. The van der Waals surface area contributed by atoms with Crippen LogP contribution in [0.2, 0.25) is 0 Å². The zero-order chi connectivity index (χ0) is 15.5. The van der Waals surface area contributed by atoms with E-state index in [1.165, 1.54) is 24.3 Å². The summed E-state index contributed by atoms with van der Waals surface area (Å²) in [6, 6.07) is 5.77. The van der Waals surface area contributed by atoms with E-state index in [0.29, 0.717) is 0 Å². The molecule has 1 fully saturated rings. The van der Waals surface area contributed by atoms with Gasteiger partial charge in [-0.25, -0.2) is 8.42 Å². The van der Waals surface area contributed by atoms with Crippen molar-refractivity contribution in [3.05, 3.63) is 29.8 Å². The minimum Gasteiger partial charge on any atom is -0.343 e. The molecule has 114 valence electrons. The summed E-state index contributed by atoms with van der Waals surface area (Å²) in [5.41, 5.74) is 0.229. The first-order chi connectivity index (χ1) is 9.88. The maximum Gasteiger partial charge on any atom is 0.251 e. The standard InChI is InChI=1S/C14H18N2O4S/c1-21(19,20)12-6-4-5-11(9-12)14(18)15-10-13(17)16-7-2-3-8-16/h4-6,9H,2-3,7-8,10H2,1H3,(H,15,18). The van der Waals surface area contributed by atoms with Crippen LogP contribution in [-0.4, -0.2) is 51.0 Å². The summed E-state index contributed by atoms with van der Waals surface area (Å²) in [6.07, 6.45) is 3.08. The molecule has 6 nitrogen and oxygen atoms in total. The third kappa shape index (κ3) is 4.04. The van der Waals surface area contributed by atoms with Crippen LogP contribution in [-0.2, 0) is 14.6 Å². The molecule has 7 heteroatoms. The third-order valence-corrected chi connectivity index (χ3v) is 4.49. The van der Waals surface area contributed by atoms with Crippen molar-refractivity contribution in [1.82, 2.24) is 10.2 Å². The van der Waals surface area contributed by atoms with Crippen molar-refractivity contribution in [2.24, 2.45) is 0 Å². The summed E-state index contributed by atoms with van der Waals surface area (Å²) in [4.78, 5) is 25.6. The minimum atomic E-state index is -3.36. The Morgan fingerprint density at radius 3 is 2.52 bits per heavy atom. The SMILES string of the molecule is CS(=O)(=O)c1cccc(C(=O)NCC(=O)N2CCCC2)c1. The number of benzene rings is 1. The zero-order valence-electron chi connectivity index (χ0n) is 11.8. The zero-order valence-corrected chi connectivity index (χ0v) is 12.6. The van der Waals surface area contributed by atoms with Gasteiger partial charge in [-0.15, -0.1) is 0 Å². The molecule has 0 unspecified atom stereocenters. The molecule has 2 amide bonds. The van der Waals surface area contributed by atoms with Crippen LogP contribution >= 0.6 is 0 Å². The Labute approximate surface area is 124 Å². The van der Waals surface area contributed by atoms with Crippen molar-refractivity contribution in [2.75, 3.05) is 25.9 Å². The van der Waals surface area contributed by atoms with Gasteiger partial charge in [0.1, 0.15) is 0 Å². The number of amides is 2. The number of likely N-dealkylation sites (tertiary alicyclic amines) is 1. The number of nitrogens with one attached hydrogen (secondary N) is 1. The Morgan fingerprint density at radius 2 is 1.90 bits per heavy atom. The molecule has 0 aromatic heterocycles. The van der Waals surface area contributed by atoms with Crippen molar-refractivity contribution in [1.29, 1.82) is 0 Å². The summed E-state index contributed by atoms with van der Waals surface area (Å²) in [7, 11) is -3.36. The molecule has 0 bridgehead atoms. The molecule has 1 aromatic carbocycles. The summed E-state index contributed by atoms with van der Waals surface area (Å²) in [5.74, 6) is -0.562. The topological polar surface area (TPSA) is 83.5 Å². The second kappa shape index (κ2) is 6.26. The van der Waals surface area contributed by atoms with E-state index < -0.39 is 15.7 Å². The number of sulfone groups is 1. The first-order valence-electron chi connectivity index (χ1n) is 6.74. The van der Waals surface area contributed by atoms with Gasteiger partial charge in [-0.3, -0.25) is 9.59 Å². The van der Waals surface area contributed by atoms with Gasteiger partial charge in [0.25, 0.3) is 5.91 Å². The predicted octanol–water partition coefficient (Wildman–Crippen LogP) is 0.442. The van der Waals surface area contributed by atoms with Gasteiger partial charge in [0.05, 0.1) is 11.4 Å². The molecule has 1 N–H and O–H groups in total. The van der Waals surface area contributed by atoms with E-state index in [4.69, 9.17) is 0 Å². The number of hydrogen-bond acceptors (Lipinski definition) is 4. The molecular formula is C14H18N2O4S. The van der Waals surface area contributed by atoms with Gasteiger partial charge in [0.2, 0.25) is 5.91 Å². The highest BCUT2D eigenvalue weighted by Gasteiger charge is 2.18. The average molecular weight is 310 g/mol. The molecule has 21 heavy (non-hydrogen) atoms. The van der Waals surface area contributed by atoms with Crippen LogP contribution in [0.1, 0.15) is 23.2 Å². The minimum absolute atomic E-state index is 0.0675. The number of carbonyl (C=O) groups excluding carboxylic acids is 2. The van der Waals surface area contributed by atoms with Crippen molar-refractivity contribution < 1.29 is 18.0 Å². The summed E-state index contributed by atoms with van der Waals surface area (Å²) in [5, 5.41) is 2.53. The van der Waals surface area contributed by atoms with Gasteiger partial charge in [0, 0.05) is 24.9 Å². The Bertz CT molecular complexity index is 649. The average Bonchev–Trinajstić information content (AvgIpc) is 2.98. The maximum atomic E-state index is 12.0. The molecule has 0 radical (unpaired) electrons. The predicted molar refractivity (Wildman–Crippen MR) is 77.7 cm³/mol. The highest BCUT2D eigenvalue weighted by atomic mass is 32.2. The third-order valence-electron chi connectivity index (χ3n) is 3.38. The van der Waals surface area contributed by atoms with Gasteiger partial charge in [0.15, 0.2) is 9.84 Å². The van der Waals surface area contributed by atoms with E-state index in [2.05, 4.69) is 5.32 Å². The Morgan fingerprint density at radius 1 is 1.24 bits per heavy atom. The lowest BCUT2D eigenvalue weighted by molar-refractivity contribution is -0.129. The second-order valence-corrected chi connectivity index (χ2v) is 7.09. The van der Waals surface area contributed by atoms with Gasteiger partial charge in [-0.2, -0.15) is 0 Å². The first kappa shape index (κ1) is 15.5. The van der Waals surface area contributed by atoms with Crippen LogP contribution in [0.5, 0.6) is 0 Å². The molecule has 1 heterocycles. The highest BCUT2D eigenvalue weighted by Crippen LogP contribution is 2.11. The molecule has 1 aromatic rings. The fourth-order valence-electron chi connectivity index (χ4n) is 2.20. The maximum absolute atomic E-state index is 12.0. The molecule has 1 aliphatic heterocycles. The van der Waals surface area contributed by atoms with E-state index in [0.717, 1.165) is 32.2 Å². The van der Waals surface area contributed by atoms with E-state index in [-0.39, 0.29) is 22.9 Å².